The van der Waals surface area contributed by atoms with Crippen LogP contribution in [0.5, 0.6) is 0 Å². The number of halogens is 1. The van der Waals surface area contributed by atoms with Gasteiger partial charge in [-0.05, 0) is 19.9 Å². The number of nitrogens with one attached hydrogen (secondary N) is 2. The molecule has 1 unspecified atom stereocenters. The standard InChI is InChI=1S/C14H17ClN2OS/c1-3-16-14(18)9(2)17-8-12-13(15)10-6-4-5-7-11(10)19-12/h4-7,9,17H,3,8H2,1-2H3,(H,16,18). The van der Waals surface area contributed by atoms with Gasteiger partial charge in [0.05, 0.1) is 11.1 Å². The Hall–Kier alpha value is -1.10. The van der Waals surface area contributed by atoms with E-state index in [9.17, 15) is 4.79 Å². The normalized spacial score (nSPS) is 12.6. The summed E-state index contributed by atoms with van der Waals surface area (Å²) in [5, 5.41) is 7.86. The van der Waals surface area contributed by atoms with Crippen molar-refractivity contribution in [2.75, 3.05) is 6.54 Å². The van der Waals surface area contributed by atoms with Crippen LogP contribution >= 0.6 is 22.9 Å². The van der Waals surface area contributed by atoms with Gasteiger partial charge in [0.25, 0.3) is 0 Å². The number of fused-ring (bicyclic) bond motifs is 1. The van der Waals surface area contributed by atoms with Crippen molar-refractivity contribution in [1.29, 1.82) is 0 Å². The molecule has 1 aromatic heterocycles. The summed E-state index contributed by atoms with van der Waals surface area (Å²) in [6, 6.07) is 7.84. The Morgan fingerprint density at radius 1 is 1.42 bits per heavy atom. The van der Waals surface area contributed by atoms with Gasteiger partial charge in [-0.3, -0.25) is 4.79 Å². The van der Waals surface area contributed by atoms with Gasteiger partial charge >= 0.3 is 0 Å². The lowest BCUT2D eigenvalue weighted by Crippen LogP contribution is -2.41. The molecule has 0 saturated heterocycles. The number of benzene rings is 1. The third-order valence-electron chi connectivity index (χ3n) is 2.91. The Kier molecular flexibility index (Phi) is 4.80. The molecule has 1 atom stereocenters. The highest BCUT2D eigenvalue weighted by Gasteiger charge is 2.14. The molecule has 19 heavy (non-hydrogen) atoms. The maximum atomic E-state index is 11.6. The second-order valence-corrected chi connectivity index (χ2v) is 5.85. The average molecular weight is 297 g/mol. The van der Waals surface area contributed by atoms with Crippen molar-refractivity contribution in [2.24, 2.45) is 0 Å². The number of hydrogen-bond acceptors (Lipinski definition) is 3. The number of hydrogen-bond donors (Lipinski definition) is 2. The maximum Gasteiger partial charge on any atom is 0.236 e. The summed E-state index contributed by atoms with van der Waals surface area (Å²) in [5.41, 5.74) is 0. The molecule has 0 aliphatic carbocycles. The van der Waals surface area contributed by atoms with E-state index in [0.717, 1.165) is 15.3 Å². The summed E-state index contributed by atoms with van der Waals surface area (Å²) in [6.07, 6.45) is 0. The lowest BCUT2D eigenvalue weighted by Gasteiger charge is -2.12. The second-order valence-electron chi connectivity index (χ2n) is 4.33. The molecule has 2 aromatic rings. The smallest absolute Gasteiger partial charge is 0.236 e. The van der Waals surface area contributed by atoms with Gasteiger partial charge in [0, 0.05) is 28.1 Å². The van der Waals surface area contributed by atoms with E-state index in [-0.39, 0.29) is 11.9 Å². The molecule has 102 valence electrons. The average Bonchev–Trinajstić information content (AvgIpc) is 2.73. The zero-order valence-corrected chi connectivity index (χ0v) is 12.6. The molecule has 1 heterocycles. The fourth-order valence-corrected chi connectivity index (χ4v) is 3.29. The minimum absolute atomic E-state index is 0.0136. The Morgan fingerprint density at radius 3 is 2.84 bits per heavy atom. The number of carbonyl (C=O) groups excluding carboxylic acids is 1. The van der Waals surface area contributed by atoms with Crippen molar-refractivity contribution in [3.05, 3.63) is 34.2 Å². The van der Waals surface area contributed by atoms with Crippen molar-refractivity contribution in [3.8, 4) is 0 Å². The Bertz CT molecular complexity index is 582. The largest absolute Gasteiger partial charge is 0.355 e. The molecule has 3 nitrogen and oxygen atoms in total. The van der Waals surface area contributed by atoms with Gasteiger partial charge in [-0.15, -0.1) is 11.3 Å². The van der Waals surface area contributed by atoms with E-state index in [2.05, 4.69) is 16.7 Å². The van der Waals surface area contributed by atoms with Gasteiger partial charge in [0.2, 0.25) is 5.91 Å². The predicted molar refractivity (Wildman–Crippen MR) is 81.8 cm³/mol. The third kappa shape index (κ3) is 3.26. The number of thiophene rings is 1. The van der Waals surface area contributed by atoms with Crippen LogP contribution in [0, 0.1) is 0 Å². The lowest BCUT2D eigenvalue weighted by atomic mass is 10.2. The summed E-state index contributed by atoms with van der Waals surface area (Å²) in [4.78, 5) is 12.7. The summed E-state index contributed by atoms with van der Waals surface area (Å²) < 4.78 is 1.18. The molecule has 1 amide bonds. The molecule has 0 spiro atoms. The van der Waals surface area contributed by atoms with Crippen LogP contribution in [-0.4, -0.2) is 18.5 Å². The van der Waals surface area contributed by atoms with Crippen LogP contribution in [0.1, 0.15) is 18.7 Å². The fourth-order valence-electron chi connectivity index (χ4n) is 1.84. The van der Waals surface area contributed by atoms with Gasteiger partial charge in [-0.25, -0.2) is 0 Å². The van der Waals surface area contributed by atoms with Crippen LogP contribution in [-0.2, 0) is 11.3 Å². The summed E-state index contributed by atoms with van der Waals surface area (Å²) >= 11 is 8.02. The quantitative estimate of drug-likeness (QED) is 0.890. The van der Waals surface area contributed by atoms with Crippen LogP contribution in [0.3, 0.4) is 0 Å². The molecule has 0 radical (unpaired) electrons. The first-order chi connectivity index (χ1) is 9.13. The molecule has 0 aliphatic heterocycles. The summed E-state index contributed by atoms with van der Waals surface area (Å²) in [6.45, 7) is 5.02. The molecule has 0 saturated carbocycles. The first-order valence-corrected chi connectivity index (χ1v) is 7.50. The van der Waals surface area contributed by atoms with Gasteiger partial charge in [-0.2, -0.15) is 0 Å². The van der Waals surface area contributed by atoms with Crippen molar-refractivity contribution in [3.63, 3.8) is 0 Å². The van der Waals surface area contributed by atoms with Crippen LogP contribution in [0.4, 0.5) is 0 Å². The van der Waals surface area contributed by atoms with Crippen molar-refractivity contribution in [1.82, 2.24) is 10.6 Å². The predicted octanol–water partition coefficient (Wildman–Crippen LogP) is 3.17. The number of likely N-dealkylation sites (N-methyl/N-ethyl adjacent to an activating group) is 1. The van der Waals surface area contributed by atoms with Crippen LogP contribution in [0.25, 0.3) is 10.1 Å². The van der Waals surface area contributed by atoms with Gasteiger partial charge in [0.15, 0.2) is 0 Å². The number of rotatable bonds is 5. The summed E-state index contributed by atoms with van der Waals surface area (Å²) in [5.74, 6) is 0.0136. The van der Waals surface area contributed by atoms with Crippen molar-refractivity contribution >= 4 is 38.9 Å². The molecule has 0 aliphatic rings. The molecule has 0 bridgehead atoms. The van der Waals surface area contributed by atoms with E-state index in [1.54, 1.807) is 11.3 Å². The van der Waals surface area contributed by atoms with E-state index in [4.69, 9.17) is 11.6 Å². The molecule has 5 heteroatoms. The van der Waals surface area contributed by atoms with Gasteiger partial charge in [-0.1, -0.05) is 29.8 Å². The minimum atomic E-state index is -0.221. The number of amides is 1. The van der Waals surface area contributed by atoms with E-state index in [1.165, 1.54) is 4.70 Å². The molecule has 2 N–H and O–H groups in total. The zero-order chi connectivity index (χ0) is 13.8. The maximum absolute atomic E-state index is 11.6. The van der Waals surface area contributed by atoms with Crippen LogP contribution in [0.15, 0.2) is 24.3 Å². The highest BCUT2D eigenvalue weighted by atomic mass is 35.5. The van der Waals surface area contributed by atoms with E-state index in [0.29, 0.717) is 13.1 Å². The van der Waals surface area contributed by atoms with Crippen molar-refractivity contribution < 1.29 is 4.79 Å². The zero-order valence-electron chi connectivity index (χ0n) is 11.0. The van der Waals surface area contributed by atoms with E-state index in [1.807, 2.05) is 32.0 Å². The Balaban J connectivity index is 2.06. The Labute approximate surface area is 122 Å². The summed E-state index contributed by atoms with van der Waals surface area (Å²) in [7, 11) is 0. The molecule has 2 rings (SSSR count). The first-order valence-electron chi connectivity index (χ1n) is 6.30. The topological polar surface area (TPSA) is 41.1 Å². The first kappa shape index (κ1) is 14.3. The second kappa shape index (κ2) is 6.37. The van der Waals surface area contributed by atoms with Crippen LogP contribution in [0.2, 0.25) is 5.02 Å². The highest BCUT2D eigenvalue weighted by molar-refractivity contribution is 7.19. The number of carbonyl (C=O) groups is 1. The van der Waals surface area contributed by atoms with Crippen LogP contribution < -0.4 is 10.6 Å². The molecular formula is C14H17ClN2OS. The van der Waals surface area contributed by atoms with Gasteiger partial charge < -0.3 is 10.6 Å². The van der Waals surface area contributed by atoms with E-state index >= 15 is 0 Å². The van der Waals surface area contributed by atoms with Crippen molar-refractivity contribution in [2.45, 2.75) is 26.4 Å². The van der Waals surface area contributed by atoms with Gasteiger partial charge in [0.1, 0.15) is 0 Å². The fraction of sp³-hybridized carbons (Fsp3) is 0.357. The lowest BCUT2D eigenvalue weighted by molar-refractivity contribution is -0.122. The van der Waals surface area contributed by atoms with E-state index < -0.39 is 0 Å². The monoisotopic (exact) mass is 296 g/mol. The molecular weight excluding hydrogens is 280 g/mol. The Morgan fingerprint density at radius 2 is 2.16 bits per heavy atom. The molecule has 0 fully saturated rings. The third-order valence-corrected chi connectivity index (χ3v) is 4.63. The minimum Gasteiger partial charge on any atom is -0.355 e. The SMILES string of the molecule is CCNC(=O)C(C)NCc1sc2ccccc2c1Cl. The highest BCUT2D eigenvalue weighted by Crippen LogP contribution is 2.34. The molecule has 1 aromatic carbocycles.